The van der Waals surface area contributed by atoms with Crippen LogP contribution in [0.4, 0.5) is 4.39 Å². The molecular weight excluding hydrogens is 349 g/mol. The number of aromatic nitrogens is 1. The van der Waals surface area contributed by atoms with Crippen molar-refractivity contribution in [2.24, 2.45) is 0 Å². The summed E-state index contributed by atoms with van der Waals surface area (Å²) >= 11 is 0. The van der Waals surface area contributed by atoms with E-state index in [1.54, 1.807) is 12.1 Å². The van der Waals surface area contributed by atoms with Crippen LogP contribution in [0.2, 0.25) is 0 Å². The molecule has 0 spiro atoms. The van der Waals surface area contributed by atoms with Gasteiger partial charge in [0.2, 0.25) is 6.29 Å². The Bertz CT molecular complexity index is 947. The number of ether oxygens (including phenoxy) is 3. The minimum Gasteiger partial charge on any atom is -0.460 e. The van der Waals surface area contributed by atoms with Crippen molar-refractivity contribution < 1.29 is 23.4 Å². The Labute approximate surface area is 155 Å². The lowest BCUT2D eigenvalue weighted by Gasteiger charge is -2.28. The SMILES string of the molecule is O=C(OCc1cc(F)cc2c1O[C@@H](c1ccccc1)OC2)c1ccncc1. The molecule has 0 aliphatic carbocycles. The average molecular weight is 365 g/mol. The summed E-state index contributed by atoms with van der Waals surface area (Å²) in [6.07, 6.45) is 2.41. The Balaban J connectivity index is 1.55. The molecule has 0 radical (unpaired) electrons. The van der Waals surface area contributed by atoms with E-state index in [4.69, 9.17) is 14.2 Å². The van der Waals surface area contributed by atoms with Gasteiger partial charge in [0.25, 0.3) is 0 Å². The van der Waals surface area contributed by atoms with Gasteiger partial charge in [0.1, 0.15) is 18.2 Å². The van der Waals surface area contributed by atoms with E-state index in [2.05, 4.69) is 4.98 Å². The molecular formula is C21H16FNO4. The van der Waals surface area contributed by atoms with E-state index in [-0.39, 0.29) is 13.2 Å². The van der Waals surface area contributed by atoms with E-state index in [1.807, 2.05) is 30.3 Å². The molecule has 1 aromatic heterocycles. The molecule has 1 aliphatic rings. The predicted molar refractivity (Wildman–Crippen MR) is 94.4 cm³/mol. The molecule has 27 heavy (non-hydrogen) atoms. The van der Waals surface area contributed by atoms with Crippen LogP contribution >= 0.6 is 0 Å². The number of carbonyl (C=O) groups excluding carboxylic acids is 1. The van der Waals surface area contributed by atoms with Gasteiger partial charge in [-0.1, -0.05) is 30.3 Å². The fraction of sp³-hybridized carbons (Fsp3) is 0.143. The molecule has 0 amide bonds. The minimum atomic E-state index is -0.598. The molecule has 0 saturated heterocycles. The first-order valence-corrected chi connectivity index (χ1v) is 8.42. The number of nitrogens with zero attached hydrogens (tertiary/aromatic N) is 1. The first-order valence-electron chi connectivity index (χ1n) is 8.42. The molecule has 4 rings (SSSR count). The van der Waals surface area contributed by atoms with Gasteiger partial charge in [-0.3, -0.25) is 4.98 Å². The van der Waals surface area contributed by atoms with Gasteiger partial charge in [-0.15, -0.1) is 0 Å². The summed E-state index contributed by atoms with van der Waals surface area (Å²) in [5.74, 6) is -0.463. The highest BCUT2D eigenvalue weighted by Gasteiger charge is 2.25. The first kappa shape index (κ1) is 17.2. The van der Waals surface area contributed by atoms with E-state index >= 15 is 0 Å². The molecule has 1 atom stereocenters. The summed E-state index contributed by atoms with van der Waals surface area (Å²) in [4.78, 5) is 16.0. The second kappa shape index (κ2) is 7.55. The van der Waals surface area contributed by atoms with Gasteiger partial charge in [0.05, 0.1) is 12.2 Å². The van der Waals surface area contributed by atoms with Crippen molar-refractivity contribution >= 4 is 5.97 Å². The number of hydrogen-bond acceptors (Lipinski definition) is 5. The van der Waals surface area contributed by atoms with E-state index in [9.17, 15) is 9.18 Å². The zero-order chi connectivity index (χ0) is 18.6. The average Bonchev–Trinajstić information content (AvgIpc) is 2.72. The molecule has 6 heteroatoms. The van der Waals surface area contributed by atoms with Crippen LogP contribution in [0.25, 0.3) is 0 Å². The van der Waals surface area contributed by atoms with Crippen molar-refractivity contribution in [1.29, 1.82) is 0 Å². The number of benzene rings is 2. The highest BCUT2D eigenvalue weighted by atomic mass is 19.1. The van der Waals surface area contributed by atoms with Gasteiger partial charge in [0.15, 0.2) is 0 Å². The third kappa shape index (κ3) is 3.80. The minimum absolute atomic E-state index is 0.108. The van der Waals surface area contributed by atoms with Gasteiger partial charge in [-0.25, -0.2) is 9.18 Å². The summed E-state index contributed by atoms with van der Waals surface area (Å²) < 4.78 is 30.9. The fourth-order valence-electron chi connectivity index (χ4n) is 2.87. The van der Waals surface area contributed by atoms with Gasteiger partial charge in [-0.05, 0) is 24.3 Å². The van der Waals surface area contributed by atoms with Gasteiger partial charge in [0, 0.05) is 29.1 Å². The molecule has 1 aliphatic heterocycles. The van der Waals surface area contributed by atoms with Crippen LogP contribution in [0, 0.1) is 5.82 Å². The summed E-state index contributed by atoms with van der Waals surface area (Å²) in [6, 6.07) is 15.2. The van der Waals surface area contributed by atoms with Crippen LogP contribution in [0.1, 0.15) is 33.3 Å². The lowest BCUT2D eigenvalue weighted by Crippen LogP contribution is -2.20. The van der Waals surface area contributed by atoms with E-state index < -0.39 is 18.1 Å². The smallest absolute Gasteiger partial charge is 0.338 e. The maximum atomic E-state index is 14.0. The Kier molecular flexibility index (Phi) is 4.80. The third-order valence-electron chi connectivity index (χ3n) is 4.17. The molecule has 0 N–H and O–H groups in total. The van der Waals surface area contributed by atoms with Crippen LogP contribution in [0.15, 0.2) is 67.0 Å². The molecule has 0 bridgehead atoms. The number of halogens is 1. The topological polar surface area (TPSA) is 57.7 Å². The van der Waals surface area contributed by atoms with Crippen LogP contribution in [0.5, 0.6) is 5.75 Å². The Morgan fingerprint density at radius 3 is 2.70 bits per heavy atom. The molecule has 2 aromatic carbocycles. The van der Waals surface area contributed by atoms with E-state index in [0.717, 1.165) is 5.56 Å². The molecule has 2 heterocycles. The van der Waals surface area contributed by atoms with Crippen molar-refractivity contribution in [2.45, 2.75) is 19.5 Å². The highest BCUT2D eigenvalue weighted by Crippen LogP contribution is 2.36. The van der Waals surface area contributed by atoms with Crippen molar-refractivity contribution in [3.05, 3.63) is 95.1 Å². The lowest BCUT2D eigenvalue weighted by molar-refractivity contribution is -0.112. The summed E-state index contributed by atoms with van der Waals surface area (Å²) in [7, 11) is 0. The van der Waals surface area contributed by atoms with E-state index in [1.165, 1.54) is 24.5 Å². The fourth-order valence-corrected chi connectivity index (χ4v) is 2.87. The molecule has 0 unspecified atom stereocenters. The molecule has 5 nitrogen and oxygen atoms in total. The van der Waals surface area contributed by atoms with Crippen molar-refractivity contribution in [3.8, 4) is 5.75 Å². The third-order valence-corrected chi connectivity index (χ3v) is 4.17. The van der Waals surface area contributed by atoms with Crippen LogP contribution in [0.3, 0.4) is 0 Å². The number of pyridine rings is 1. The van der Waals surface area contributed by atoms with Crippen LogP contribution < -0.4 is 4.74 Å². The normalized spacial score (nSPS) is 15.5. The maximum Gasteiger partial charge on any atom is 0.338 e. The molecule has 0 fully saturated rings. The van der Waals surface area contributed by atoms with Crippen molar-refractivity contribution in [2.75, 3.05) is 0 Å². The van der Waals surface area contributed by atoms with E-state index in [0.29, 0.717) is 22.4 Å². The molecule has 136 valence electrons. The molecule has 3 aromatic rings. The van der Waals surface area contributed by atoms with Gasteiger partial charge >= 0.3 is 5.97 Å². The summed E-state index contributed by atoms with van der Waals surface area (Å²) in [5.41, 5.74) is 2.27. The lowest BCUT2D eigenvalue weighted by atomic mass is 10.1. The second-order valence-electron chi connectivity index (χ2n) is 6.04. The molecule has 0 saturated carbocycles. The highest BCUT2D eigenvalue weighted by molar-refractivity contribution is 5.89. The number of fused-ring (bicyclic) bond motifs is 1. The number of esters is 1. The largest absolute Gasteiger partial charge is 0.460 e. The van der Waals surface area contributed by atoms with Crippen LogP contribution in [-0.2, 0) is 22.7 Å². The standard InChI is InChI=1S/C21H16FNO4/c22-18-10-16(12-25-20(24)14-6-8-23-9-7-14)19-17(11-18)13-26-21(27-19)15-4-2-1-3-5-15/h1-11,21H,12-13H2/t21-/m0/s1. The first-order chi connectivity index (χ1) is 13.2. The van der Waals surface area contributed by atoms with Crippen LogP contribution in [-0.4, -0.2) is 11.0 Å². The maximum absolute atomic E-state index is 14.0. The summed E-state index contributed by atoms with van der Waals surface area (Å²) in [5, 5.41) is 0. The number of carbonyl (C=O) groups is 1. The number of rotatable bonds is 4. The summed E-state index contributed by atoms with van der Waals surface area (Å²) in [6.45, 7) is 0.0979. The van der Waals surface area contributed by atoms with Gasteiger partial charge < -0.3 is 14.2 Å². The Morgan fingerprint density at radius 2 is 1.93 bits per heavy atom. The second-order valence-corrected chi connectivity index (χ2v) is 6.04. The van der Waals surface area contributed by atoms with Crippen molar-refractivity contribution in [3.63, 3.8) is 0 Å². The Hall–Kier alpha value is -3.25. The van der Waals surface area contributed by atoms with Crippen molar-refractivity contribution in [1.82, 2.24) is 4.98 Å². The Morgan fingerprint density at radius 1 is 1.15 bits per heavy atom. The predicted octanol–water partition coefficient (Wildman–Crippen LogP) is 4.19. The zero-order valence-corrected chi connectivity index (χ0v) is 14.3. The zero-order valence-electron chi connectivity index (χ0n) is 14.3. The van der Waals surface area contributed by atoms with Gasteiger partial charge in [-0.2, -0.15) is 0 Å². The monoisotopic (exact) mass is 365 g/mol. The quantitative estimate of drug-likeness (QED) is 0.649. The number of hydrogen-bond donors (Lipinski definition) is 0.